The summed E-state index contributed by atoms with van der Waals surface area (Å²) in [5.74, 6) is 0.352. The van der Waals surface area contributed by atoms with Crippen LogP contribution in [0.15, 0.2) is 34.8 Å². The van der Waals surface area contributed by atoms with Gasteiger partial charge in [-0.3, -0.25) is 4.79 Å². The van der Waals surface area contributed by atoms with E-state index in [1.807, 2.05) is 30.3 Å². The highest BCUT2D eigenvalue weighted by Gasteiger charge is 2.07. The Balaban J connectivity index is 2.43. The van der Waals surface area contributed by atoms with Gasteiger partial charge in [0.25, 0.3) is 0 Å². The predicted octanol–water partition coefficient (Wildman–Crippen LogP) is 1.92. The van der Waals surface area contributed by atoms with Gasteiger partial charge in [-0.25, -0.2) is 4.98 Å². The molecule has 0 bridgehead atoms. The number of carbonyl (C=O) groups excluding carboxylic acids is 1. The van der Waals surface area contributed by atoms with Gasteiger partial charge in [0, 0.05) is 16.9 Å². The van der Waals surface area contributed by atoms with Crippen molar-refractivity contribution in [2.24, 2.45) is 5.73 Å². The third-order valence-electron chi connectivity index (χ3n) is 2.44. The van der Waals surface area contributed by atoms with Crippen LogP contribution in [0.2, 0.25) is 0 Å². The Morgan fingerprint density at radius 1 is 1.41 bits per heavy atom. The zero-order valence-electron chi connectivity index (χ0n) is 9.35. The Labute approximate surface area is 108 Å². The van der Waals surface area contributed by atoms with Crippen molar-refractivity contribution in [1.29, 1.82) is 0 Å². The largest absolute Gasteiger partial charge is 0.368 e. The molecule has 88 valence electrons. The second-order valence-electron chi connectivity index (χ2n) is 3.80. The summed E-state index contributed by atoms with van der Waals surface area (Å²) in [6, 6.07) is 9.73. The van der Waals surface area contributed by atoms with Gasteiger partial charge in [0.05, 0.1) is 12.1 Å². The van der Waals surface area contributed by atoms with E-state index >= 15 is 0 Å². The first kappa shape index (κ1) is 11.9. The number of benzene rings is 1. The van der Waals surface area contributed by atoms with Crippen molar-refractivity contribution < 1.29 is 4.79 Å². The first-order chi connectivity index (χ1) is 8.08. The number of aromatic nitrogens is 1. The van der Waals surface area contributed by atoms with Crippen LogP contribution in [0, 0.1) is 0 Å². The minimum absolute atomic E-state index is 0.156. The maximum atomic E-state index is 10.9. The van der Waals surface area contributed by atoms with Crippen LogP contribution in [0.5, 0.6) is 0 Å². The molecule has 0 spiro atoms. The lowest BCUT2D eigenvalue weighted by Gasteiger charge is -2.16. The SMILES string of the molecule is CN(CC(N)=O)c1ccc2cccc(Br)c2n1. The van der Waals surface area contributed by atoms with E-state index in [9.17, 15) is 4.79 Å². The summed E-state index contributed by atoms with van der Waals surface area (Å²) >= 11 is 3.46. The molecule has 1 aromatic heterocycles. The number of nitrogens with zero attached hydrogens (tertiary/aromatic N) is 2. The van der Waals surface area contributed by atoms with Gasteiger partial charge >= 0.3 is 0 Å². The number of primary amides is 1. The zero-order valence-corrected chi connectivity index (χ0v) is 10.9. The van der Waals surface area contributed by atoms with E-state index in [-0.39, 0.29) is 12.5 Å². The smallest absolute Gasteiger partial charge is 0.236 e. The molecule has 2 N–H and O–H groups in total. The van der Waals surface area contributed by atoms with Crippen molar-refractivity contribution in [2.75, 3.05) is 18.5 Å². The number of carbonyl (C=O) groups is 1. The van der Waals surface area contributed by atoms with Crippen molar-refractivity contribution in [3.05, 3.63) is 34.8 Å². The average Bonchev–Trinajstić information content (AvgIpc) is 2.28. The minimum Gasteiger partial charge on any atom is -0.368 e. The van der Waals surface area contributed by atoms with E-state index < -0.39 is 0 Å². The van der Waals surface area contributed by atoms with Gasteiger partial charge < -0.3 is 10.6 Å². The number of para-hydroxylation sites is 1. The monoisotopic (exact) mass is 293 g/mol. The van der Waals surface area contributed by atoms with Crippen LogP contribution >= 0.6 is 15.9 Å². The highest BCUT2D eigenvalue weighted by Crippen LogP contribution is 2.24. The van der Waals surface area contributed by atoms with E-state index in [0.29, 0.717) is 0 Å². The lowest BCUT2D eigenvalue weighted by Crippen LogP contribution is -2.30. The van der Waals surface area contributed by atoms with Crippen LogP contribution in [0.25, 0.3) is 10.9 Å². The third kappa shape index (κ3) is 2.55. The summed E-state index contributed by atoms with van der Waals surface area (Å²) in [7, 11) is 1.79. The Kier molecular flexibility index (Phi) is 3.28. The normalized spacial score (nSPS) is 10.5. The lowest BCUT2D eigenvalue weighted by atomic mass is 10.2. The van der Waals surface area contributed by atoms with E-state index in [1.54, 1.807) is 11.9 Å². The standard InChI is InChI=1S/C12H12BrN3O/c1-16(7-10(14)17)11-6-5-8-3-2-4-9(13)12(8)15-11/h2-6H,7H2,1H3,(H2,14,17). The van der Waals surface area contributed by atoms with Gasteiger partial charge in [0.15, 0.2) is 0 Å². The molecule has 0 unspecified atom stereocenters. The van der Waals surface area contributed by atoms with Crippen molar-refractivity contribution in [3.8, 4) is 0 Å². The van der Waals surface area contributed by atoms with Crippen LogP contribution in [-0.2, 0) is 4.79 Å². The Morgan fingerprint density at radius 2 is 2.18 bits per heavy atom. The number of nitrogens with two attached hydrogens (primary N) is 1. The molecule has 0 aliphatic carbocycles. The number of amides is 1. The zero-order chi connectivity index (χ0) is 12.4. The van der Waals surface area contributed by atoms with Crippen LogP contribution in [0.3, 0.4) is 0 Å². The van der Waals surface area contributed by atoms with Gasteiger partial charge in [0.2, 0.25) is 5.91 Å². The van der Waals surface area contributed by atoms with Gasteiger partial charge in [0.1, 0.15) is 5.82 Å². The Morgan fingerprint density at radius 3 is 2.88 bits per heavy atom. The number of halogens is 1. The maximum Gasteiger partial charge on any atom is 0.236 e. The lowest BCUT2D eigenvalue weighted by molar-refractivity contribution is -0.116. The number of hydrogen-bond acceptors (Lipinski definition) is 3. The summed E-state index contributed by atoms with van der Waals surface area (Å²) in [5.41, 5.74) is 6.03. The summed E-state index contributed by atoms with van der Waals surface area (Å²) in [5, 5.41) is 1.05. The van der Waals surface area contributed by atoms with Crippen LogP contribution in [-0.4, -0.2) is 24.5 Å². The molecule has 2 aromatic rings. The molecule has 1 amide bonds. The Hall–Kier alpha value is -1.62. The molecule has 4 nitrogen and oxygen atoms in total. The van der Waals surface area contributed by atoms with E-state index in [1.165, 1.54) is 0 Å². The van der Waals surface area contributed by atoms with Gasteiger partial charge in [-0.15, -0.1) is 0 Å². The van der Waals surface area contributed by atoms with Gasteiger partial charge in [-0.1, -0.05) is 12.1 Å². The van der Waals surface area contributed by atoms with Gasteiger partial charge in [-0.2, -0.15) is 0 Å². The predicted molar refractivity (Wildman–Crippen MR) is 71.9 cm³/mol. The molecule has 1 aromatic carbocycles. The molecular formula is C12H12BrN3O. The summed E-state index contributed by atoms with van der Waals surface area (Å²) in [4.78, 5) is 17.1. The van der Waals surface area contributed by atoms with Crippen molar-refractivity contribution in [2.45, 2.75) is 0 Å². The van der Waals surface area contributed by atoms with Crippen LogP contribution in [0.4, 0.5) is 5.82 Å². The molecule has 0 saturated carbocycles. The number of fused-ring (bicyclic) bond motifs is 1. The molecule has 0 radical (unpaired) electrons. The molecule has 0 aliphatic rings. The molecule has 17 heavy (non-hydrogen) atoms. The van der Waals surface area contributed by atoms with E-state index in [4.69, 9.17) is 5.73 Å². The fraction of sp³-hybridized carbons (Fsp3) is 0.167. The first-order valence-electron chi connectivity index (χ1n) is 5.12. The summed E-state index contributed by atoms with van der Waals surface area (Å²) < 4.78 is 0.935. The molecular weight excluding hydrogens is 282 g/mol. The molecule has 5 heteroatoms. The van der Waals surface area contributed by atoms with Crippen molar-refractivity contribution >= 4 is 38.6 Å². The molecule has 0 atom stereocenters. The minimum atomic E-state index is -0.374. The second kappa shape index (κ2) is 4.71. The fourth-order valence-electron chi connectivity index (χ4n) is 1.63. The highest BCUT2D eigenvalue weighted by atomic mass is 79.9. The fourth-order valence-corrected chi connectivity index (χ4v) is 2.10. The molecule has 0 saturated heterocycles. The second-order valence-corrected chi connectivity index (χ2v) is 4.66. The van der Waals surface area contributed by atoms with Crippen molar-refractivity contribution in [1.82, 2.24) is 4.98 Å². The van der Waals surface area contributed by atoms with Gasteiger partial charge in [-0.05, 0) is 34.1 Å². The molecule has 1 heterocycles. The number of pyridine rings is 1. The number of anilines is 1. The highest BCUT2D eigenvalue weighted by molar-refractivity contribution is 9.10. The number of likely N-dealkylation sites (N-methyl/N-ethyl adjacent to an activating group) is 1. The number of rotatable bonds is 3. The average molecular weight is 294 g/mol. The van der Waals surface area contributed by atoms with Crippen LogP contribution in [0.1, 0.15) is 0 Å². The van der Waals surface area contributed by atoms with Crippen molar-refractivity contribution in [3.63, 3.8) is 0 Å². The molecule has 0 fully saturated rings. The van der Waals surface area contributed by atoms with Crippen LogP contribution < -0.4 is 10.6 Å². The topological polar surface area (TPSA) is 59.2 Å². The maximum absolute atomic E-state index is 10.9. The Bertz CT molecular complexity index is 571. The number of hydrogen-bond donors (Lipinski definition) is 1. The molecule has 2 rings (SSSR count). The summed E-state index contributed by atoms with van der Waals surface area (Å²) in [6.07, 6.45) is 0. The third-order valence-corrected chi connectivity index (χ3v) is 3.08. The quantitative estimate of drug-likeness (QED) is 0.941. The first-order valence-corrected chi connectivity index (χ1v) is 5.92. The summed E-state index contributed by atoms with van der Waals surface area (Å²) in [6.45, 7) is 0.156. The van der Waals surface area contributed by atoms with E-state index in [2.05, 4.69) is 20.9 Å². The molecule has 0 aliphatic heterocycles. The van der Waals surface area contributed by atoms with E-state index in [0.717, 1.165) is 21.2 Å².